The van der Waals surface area contributed by atoms with Crippen LogP contribution >= 0.6 is 12.2 Å². The molecule has 0 radical (unpaired) electrons. The number of likely N-dealkylation sites (N-methyl/N-ethyl adjacent to an activating group) is 1. The van der Waals surface area contributed by atoms with Gasteiger partial charge in [0, 0.05) is 18.4 Å². The Morgan fingerprint density at radius 2 is 1.95 bits per heavy atom. The molecule has 0 bridgehead atoms. The topological polar surface area (TPSA) is 75.4 Å². The number of nitrogens with two attached hydrogens (primary N) is 1. The smallest absolute Gasteiger partial charge is 0.264 e. The molecule has 1 aliphatic rings. The van der Waals surface area contributed by atoms with Crippen LogP contribution in [0.2, 0.25) is 0 Å². The quantitative estimate of drug-likeness (QED) is 0.831. The van der Waals surface area contributed by atoms with Gasteiger partial charge >= 0.3 is 0 Å². The number of nitrogens with zero attached hydrogens (tertiary/aromatic N) is 1. The number of allylic oxidation sites excluding steroid dienone is 3. The van der Waals surface area contributed by atoms with Gasteiger partial charge in [-0.2, -0.15) is 0 Å². The van der Waals surface area contributed by atoms with Crippen LogP contribution in [0, 0.1) is 0 Å². The SMILES string of the molecule is CN(C1=CCCC=C1)S(=O)(=O)c1ccc(NC(N)=S)cc1. The first-order valence-corrected chi connectivity index (χ1v) is 8.28. The molecule has 0 fully saturated rings. The Kier molecular flexibility index (Phi) is 4.64. The number of benzene rings is 1. The van der Waals surface area contributed by atoms with Crippen molar-refractivity contribution in [2.45, 2.75) is 17.7 Å². The predicted molar refractivity (Wildman–Crippen MR) is 88.3 cm³/mol. The van der Waals surface area contributed by atoms with E-state index in [2.05, 4.69) is 5.32 Å². The first-order chi connectivity index (χ1) is 9.91. The van der Waals surface area contributed by atoms with Gasteiger partial charge in [0.1, 0.15) is 0 Å². The number of anilines is 1. The maximum Gasteiger partial charge on any atom is 0.264 e. The van der Waals surface area contributed by atoms with Crippen LogP contribution in [-0.2, 0) is 10.0 Å². The lowest BCUT2D eigenvalue weighted by molar-refractivity contribution is 0.527. The van der Waals surface area contributed by atoms with E-state index < -0.39 is 10.0 Å². The zero-order valence-electron chi connectivity index (χ0n) is 11.6. The molecule has 1 aliphatic carbocycles. The first-order valence-electron chi connectivity index (χ1n) is 6.43. The Hall–Kier alpha value is -1.86. The minimum Gasteiger partial charge on any atom is -0.376 e. The maximum absolute atomic E-state index is 12.5. The van der Waals surface area contributed by atoms with Crippen molar-refractivity contribution in [1.82, 2.24) is 4.31 Å². The van der Waals surface area contributed by atoms with Gasteiger partial charge in [-0.3, -0.25) is 4.31 Å². The Labute approximate surface area is 130 Å². The summed E-state index contributed by atoms with van der Waals surface area (Å²) >= 11 is 4.74. The number of nitrogens with one attached hydrogen (secondary N) is 1. The van der Waals surface area contributed by atoms with Gasteiger partial charge in [-0.25, -0.2) is 8.42 Å². The third-order valence-electron chi connectivity index (χ3n) is 3.12. The van der Waals surface area contributed by atoms with Gasteiger partial charge in [-0.1, -0.05) is 12.2 Å². The number of hydrogen-bond acceptors (Lipinski definition) is 3. The van der Waals surface area contributed by atoms with E-state index in [0.29, 0.717) is 11.4 Å². The van der Waals surface area contributed by atoms with E-state index in [1.54, 1.807) is 19.2 Å². The molecule has 0 aromatic heterocycles. The fourth-order valence-corrected chi connectivity index (χ4v) is 3.31. The van der Waals surface area contributed by atoms with Crippen LogP contribution in [-0.4, -0.2) is 24.9 Å². The normalized spacial score (nSPS) is 14.4. The summed E-state index contributed by atoms with van der Waals surface area (Å²) in [5.74, 6) is 0. The highest BCUT2D eigenvalue weighted by Crippen LogP contribution is 2.23. The highest BCUT2D eigenvalue weighted by atomic mass is 32.2. The van der Waals surface area contributed by atoms with Crippen molar-refractivity contribution in [1.29, 1.82) is 0 Å². The lowest BCUT2D eigenvalue weighted by Crippen LogP contribution is -2.26. The van der Waals surface area contributed by atoms with Crippen LogP contribution in [0.1, 0.15) is 12.8 Å². The van der Waals surface area contributed by atoms with Gasteiger partial charge < -0.3 is 11.1 Å². The van der Waals surface area contributed by atoms with Crippen LogP contribution in [0.3, 0.4) is 0 Å². The van der Waals surface area contributed by atoms with E-state index in [1.807, 2.05) is 18.2 Å². The molecule has 0 spiro atoms. The number of thiocarbonyl (C=S) groups is 1. The molecule has 21 heavy (non-hydrogen) atoms. The highest BCUT2D eigenvalue weighted by molar-refractivity contribution is 7.89. The van der Waals surface area contributed by atoms with E-state index in [0.717, 1.165) is 12.8 Å². The van der Waals surface area contributed by atoms with Crippen LogP contribution in [0.5, 0.6) is 0 Å². The van der Waals surface area contributed by atoms with Crippen LogP contribution in [0.4, 0.5) is 5.69 Å². The fourth-order valence-electron chi connectivity index (χ4n) is 1.98. The second kappa shape index (κ2) is 6.28. The molecule has 0 heterocycles. The molecule has 0 saturated heterocycles. The number of sulfonamides is 1. The summed E-state index contributed by atoms with van der Waals surface area (Å²) < 4.78 is 26.4. The summed E-state index contributed by atoms with van der Waals surface area (Å²) in [5.41, 5.74) is 6.71. The Morgan fingerprint density at radius 1 is 1.29 bits per heavy atom. The van der Waals surface area contributed by atoms with Gasteiger partial charge in [0.25, 0.3) is 10.0 Å². The second-order valence-corrected chi connectivity index (χ2v) is 7.00. The van der Waals surface area contributed by atoms with Gasteiger partial charge in [-0.15, -0.1) is 0 Å². The predicted octanol–water partition coefficient (Wildman–Crippen LogP) is 2.20. The minimum atomic E-state index is -3.56. The first kappa shape index (κ1) is 15.5. The van der Waals surface area contributed by atoms with Crippen LogP contribution in [0.15, 0.2) is 53.1 Å². The van der Waals surface area contributed by atoms with Gasteiger partial charge in [-0.05, 0) is 55.4 Å². The molecular formula is C14H17N3O2S2. The third kappa shape index (κ3) is 3.62. The average molecular weight is 323 g/mol. The Balaban J connectivity index is 2.24. The van der Waals surface area contributed by atoms with Crippen molar-refractivity contribution >= 4 is 33.0 Å². The highest BCUT2D eigenvalue weighted by Gasteiger charge is 2.22. The summed E-state index contributed by atoms with van der Waals surface area (Å²) in [6.07, 6.45) is 7.50. The molecular weight excluding hydrogens is 306 g/mol. The average Bonchev–Trinajstić information content (AvgIpc) is 2.47. The van der Waals surface area contributed by atoms with Crippen LogP contribution < -0.4 is 11.1 Å². The molecule has 112 valence electrons. The summed E-state index contributed by atoms with van der Waals surface area (Å²) in [6, 6.07) is 6.31. The van der Waals surface area contributed by atoms with E-state index in [4.69, 9.17) is 18.0 Å². The summed E-state index contributed by atoms with van der Waals surface area (Å²) in [7, 11) is -2.01. The fraction of sp³-hybridized carbons (Fsp3) is 0.214. The van der Waals surface area contributed by atoms with E-state index >= 15 is 0 Å². The third-order valence-corrected chi connectivity index (χ3v) is 5.02. The van der Waals surface area contributed by atoms with Crippen molar-refractivity contribution < 1.29 is 8.42 Å². The molecule has 0 atom stereocenters. The minimum absolute atomic E-state index is 0.139. The Morgan fingerprint density at radius 3 is 2.48 bits per heavy atom. The molecule has 2 rings (SSSR count). The number of hydrogen-bond donors (Lipinski definition) is 2. The zero-order chi connectivity index (χ0) is 15.5. The van der Waals surface area contributed by atoms with Crippen molar-refractivity contribution in [3.05, 3.63) is 48.2 Å². The molecule has 0 aliphatic heterocycles. The standard InChI is InChI=1S/C14H17N3O2S2/c1-17(12-5-3-2-4-6-12)21(18,19)13-9-7-11(8-10-13)16-14(15)20/h3,5-10H,2,4H2,1H3,(H3,15,16,20). The van der Waals surface area contributed by atoms with E-state index in [-0.39, 0.29) is 10.0 Å². The van der Waals surface area contributed by atoms with Crippen LogP contribution in [0.25, 0.3) is 0 Å². The maximum atomic E-state index is 12.5. The molecule has 7 heteroatoms. The van der Waals surface area contributed by atoms with Crippen molar-refractivity contribution in [2.24, 2.45) is 5.73 Å². The lowest BCUT2D eigenvalue weighted by Gasteiger charge is -2.22. The van der Waals surface area contributed by atoms with Gasteiger partial charge in [0.15, 0.2) is 5.11 Å². The van der Waals surface area contributed by atoms with Crippen molar-refractivity contribution in [3.63, 3.8) is 0 Å². The van der Waals surface area contributed by atoms with Gasteiger partial charge in [0.2, 0.25) is 0 Å². The molecule has 5 nitrogen and oxygen atoms in total. The Bertz CT molecular complexity index is 691. The van der Waals surface area contributed by atoms with E-state index in [1.165, 1.54) is 16.4 Å². The summed E-state index contributed by atoms with van der Waals surface area (Å²) in [6.45, 7) is 0. The molecule has 0 amide bonds. The van der Waals surface area contributed by atoms with Gasteiger partial charge in [0.05, 0.1) is 4.90 Å². The molecule has 1 aromatic carbocycles. The molecule has 0 unspecified atom stereocenters. The monoisotopic (exact) mass is 323 g/mol. The lowest BCUT2D eigenvalue weighted by atomic mass is 10.1. The molecule has 0 saturated carbocycles. The van der Waals surface area contributed by atoms with Crippen molar-refractivity contribution in [3.8, 4) is 0 Å². The van der Waals surface area contributed by atoms with Crippen molar-refractivity contribution in [2.75, 3.05) is 12.4 Å². The van der Waals surface area contributed by atoms with E-state index in [9.17, 15) is 8.42 Å². The largest absolute Gasteiger partial charge is 0.376 e. The second-order valence-electron chi connectivity index (χ2n) is 4.59. The summed E-state index contributed by atoms with van der Waals surface area (Å²) in [5, 5.41) is 2.89. The number of rotatable bonds is 4. The molecule has 1 aromatic rings. The summed E-state index contributed by atoms with van der Waals surface area (Å²) in [4.78, 5) is 0.221. The zero-order valence-corrected chi connectivity index (χ0v) is 13.2. The molecule has 3 N–H and O–H groups in total.